The van der Waals surface area contributed by atoms with Gasteiger partial charge in [0.1, 0.15) is 0 Å². The Hall–Kier alpha value is -0.870. The van der Waals surface area contributed by atoms with Crippen molar-refractivity contribution in [3.05, 3.63) is 33.8 Å². The molecule has 0 spiro atoms. The Kier molecular flexibility index (Phi) is 3.84. The topological polar surface area (TPSA) is 32.3 Å². The lowest BCUT2D eigenvalue weighted by Gasteiger charge is -2.14. The fraction of sp³-hybridized carbons (Fsp3) is 0.462. The van der Waals surface area contributed by atoms with E-state index in [2.05, 4.69) is 33.2 Å². The van der Waals surface area contributed by atoms with Gasteiger partial charge in [-0.25, -0.2) is 0 Å². The lowest BCUT2D eigenvalue weighted by Crippen LogP contribution is -2.36. The summed E-state index contributed by atoms with van der Waals surface area (Å²) in [7, 11) is 2.08. The molecular weight excluding hydrogens is 280 g/mol. The van der Waals surface area contributed by atoms with Gasteiger partial charge in [-0.15, -0.1) is 0 Å². The quantitative estimate of drug-likeness (QED) is 0.907. The maximum Gasteiger partial charge on any atom is 0.252 e. The molecule has 1 aliphatic heterocycles. The summed E-state index contributed by atoms with van der Waals surface area (Å²) >= 11 is 3.47. The van der Waals surface area contributed by atoms with Crippen LogP contribution in [0.25, 0.3) is 0 Å². The van der Waals surface area contributed by atoms with Crippen LogP contribution in [0.5, 0.6) is 0 Å². The van der Waals surface area contributed by atoms with Gasteiger partial charge < -0.3 is 10.2 Å². The predicted octanol–water partition coefficient (Wildman–Crippen LogP) is 2.19. The first-order chi connectivity index (χ1) is 8.08. The summed E-state index contributed by atoms with van der Waals surface area (Å²) in [4.78, 5) is 14.4. The summed E-state index contributed by atoms with van der Waals surface area (Å²) < 4.78 is 0.892. The molecule has 0 bridgehead atoms. The first kappa shape index (κ1) is 12.6. The highest BCUT2D eigenvalue weighted by atomic mass is 79.9. The Morgan fingerprint density at radius 3 is 2.94 bits per heavy atom. The van der Waals surface area contributed by atoms with Gasteiger partial charge in [-0.1, -0.05) is 12.1 Å². The zero-order valence-corrected chi connectivity index (χ0v) is 11.8. The largest absolute Gasteiger partial charge is 0.348 e. The molecule has 1 amide bonds. The number of halogens is 1. The van der Waals surface area contributed by atoms with E-state index in [1.807, 2.05) is 25.1 Å². The Bertz CT molecular complexity index is 433. The molecule has 0 saturated carbocycles. The number of likely N-dealkylation sites (tertiary alicyclic amines) is 1. The van der Waals surface area contributed by atoms with E-state index in [-0.39, 0.29) is 11.9 Å². The third-order valence-electron chi connectivity index (χ3n) is 3.16. The molecule has 3 nitrogen and oxygen atoms in total. The number of nitrogens with one attached hydrogen (secondary N) is 1. The standard InChI is InChI=1S/C13H17BrN2O/c1-9-4-3-5-11(12(9)14)13(17)15-10-6-7-16(2)8-10/h3-5,10H,6-8H2,1-2H3,(H,15,17). The van der Waals surface area contributed by atoms with Crippen molar-refractivity contribution in [2.75, 3.05) is 20.1 Å². The van der Waals surface area contributed by atoms with Crippen LogP contribution < -0.4 is 5.32 Å². The number of benzene rings is 1. The second kappa shape index (κ2) is 5.19. The van der Waals surface area contributed by atoms with Gasteiger partial charge in [0, 0.05) is 17.1 Å². The van der Waals surface area contributed by atoms with E-state index in [4.69, 9.17) is 0 Å². The van der Waals surface area contributed by atoms with Crippen LogP contribution in [0.1, 0.15) is 22.3 Å². The molecule has 1 unspecified atom stereocenters. The number of hydrogen-bond acceptors (Lipinski definition) is 2. The van der Waals surface area contributed by atoms with Crippen LogP contribution in [-0.2, 0) is 0 Å². The van der Waals surface area contributed by atoms with E-state index < -0.39 is 0 Å². The highest BCUT2D eigenvalue weighted by Gasteiger charge is 2.22. The molecule has 1 heterocycles. The van der Waals surface area contributed by atoms with Crippen molar-refractivity contribution in [2.45, 2.75) is 19.4 Å². The summed E-state index contributed by atoms with van der Waals surface area (Å²) in [5.74, 6) is 0.0147. The van der Waals surface area contributed by atoms with Gasteiger partial charge in [0.25, 0.3) is 5.91 Å². The van der Waals surface area contributed by atoms with Crippen molar-refractivity contribution >= 4 is 21.8 Å². The number of nitrogens with zero attached hydrogens (tertiary/aromatic N) is 1. The Morgan fingerprint density at radius 2 is 2.29 bits per heavy atom. The smallest absolute Gasteiger partial charge is 0.252 e. The number of rotatable bonds is 2. The monoisotopic (exact) mass is 296 g/mol. The Morgan fingerprint density at radius 1 is 1.53 bits per heavy atom. The average Bonchev–Trinajstić information content (AvgIpc) is 2.68. The maximum absolute atomic E-state index is 12.1. The molecule has 0 aliphatic carbocycles. The molecule has 1 aromatic carbocycles. The van der Waals surface area contributed by atoms with E-state index in [0.29, 0.717) is 0 Å². The highest BCUT2D eigenvalue weighted by molar-refractivity contribution is 9.10. The Labute approximate surface area is 110 Å². The first-order valence-corrected chi connectivity index (χ1v) is 6.61. The van der Waals surface area contributed by atoms with Gasteiger partial charge in [0.2, 0.25) is 0 Å². The fourth-order valence-electron chi connectivity index (χ4n) is 2.14. The number of aryl methyl sites for hydroxylation is 1. The van der Waals surface area contributed by atoms with Gasteiger partial charge in [-0.3, -0.25) is 4.79 Å². The fourth-order valence-corrected chi connectivity index (χ4v) is 2.58. The first-order valence-electron chi connectivity index (χ1n) is 5.82. The van der Waals surface area contributed by atoms with Crippen LogP contribution in [0, 0.1) is 6.92 Å². The van der Waals surface area contributed by atoms with Gasteiger partial charge in [0.05, 0.1) is 5.56 Å². The summed E-state index contributed by atoms with van der Waals surface area (Å²) in [5.41, 5.74) is 1.81. The van der Waals surface area contributed by atoms with Crippen molar-refractivity contribution in [1.29, 1.82) is 0 Å². The second-order valence-corrected chi connectivity index (χ2v) is 5.45. The highest BCUT2D eigenvalue weighted by Crippen LogP contribution is 2.21. The van der Waals surface area contributed by atoms with Gasteiger partial charge in [-0.2, -0.15) is 0 Å². The lowest BCUT2D eigenvalue weighted by molar-refractivity contribution is 0.0937. The van der Waals surface area contributed by atoms with Crippen LogP contribution >= 0.6 is 15.9 Å². The molecule has 1 aromatic rings. The zero-order chi connectivity index (χ0) is 12.4. The summed E-state index contributed by atoms with van der Waals surface area (Å²) in [6.45, 7) is 3.99. The second-order valence-electron chi connectivity index (χ2n) is 4.66. The number of likely N-dealkylation sites (N-methyl/N-ethyl adjacent to an activating group) is 1. The maximum atomic E-state index is 12.1. The van der Waals surface area contributed by atoms with Gasteiger partial charge >= 0.3 is 0 Å². The molecule has 92 valence electrons. The minimum Gasteiger partial charge on any atom is -0.348 e. The van der Waals surface area contributed by atoms with Crippen LogP contribution in [0.4, 0.5) is 0 Å². The van der Waals surface area contributed by atoms with Gasteiger partial charge in [0.15, 0.2) is 0 Å². The van der Waals surface area contributed by atoms with Crippen LogP contribution in [-0.4, -0.2) is 37.0 Å². The molecule has 0 radical (unpaired) electrons. The number of amides is 1. The number of hydrogen-bond donors (Lipinski definition) is 1. The van der Waals surface area contributed by atoms with Gasteiger partial charge in [-0.05, 0) is 54.5 Å². The molecule has 17 heavy (non-hydrogen) atoms. The minimum atomic E-state index is 0.0147. The lowest BCUT2D eigenvalue weighted by atomic mass is 10.1. The van der Waals surface area contributed by atoms with E-state index in [1.165, 1.54) is 0 Å². The predicted molar refractivity (Wildman–Crippen MR) is 72.2 cm³/mol. The van der Waals surface area contributed by atoms with Crippen molar-refractivity contribution in [2.24, 2.45) is 0 Å². The van der Waals surface area contributed by atoms with Crippen molar-refractivity contribution in [3.8, 4) is 0 Å². The van der Waals surface area contributed by atoms with Crippen molar-refractivity contribution in [1.82, 2.24) is 10.2 Å². The molecule has 1 atom stereocenters. The van der Waals surface area contributed by atoms with Crippen molar-refractivity contribution in [3.63, 3.8) is 0 Å². The minimum absolute atomic E-state index is 0.0147. The SMILES string of the molecule is Cc1cccc(C(=O)NC2CCN(C)C2)c1Br. The van der Waals surface area contributed by atoms with Crippen LogP contribution in [0.2, 0.25) is 0 Å². The summed E-state index contributed by atoms with van der Waals surface area (Å²) in [6.07, 6.45) is 1.03. The molecule has 2 rings (SSSR count). The summed E-state index contributed by atoms with van der Waals surface area (Å²) in [5, 5.41) is 3.08. The van der Waals surface area contributed by atoms with E-state index in [9.17, 15) is 4.79 Å². The third-order valence-corrected chi connectivity index (χ3v) is 4.22. The van der Waals surface area contributed by atoms with Crippen LogP contribution in [0.3, 0.4) is 0 Å². The van der Waals surface area contributed by atoms with E-state index >= 15 is 0 Å². The third kappa shape index (κ3) is 2.87. The normalized spacial score (nSPS) is 20.5. The number of carbonyl (C=O) groups excluding carboxylic acids is 1. The molecular formula is C13H17BrN2O. The average molecular weight is 297 g/mol. The summed E-state index contributed by atoms with van der Waals surface area (Å²) in [6, 6.07) is 6.03. The molecule has 1 aliphatic rings. The molecule has 0 aromatic heterocycles. The number of carbonyl (C=O) groups is 1. The molecule has 1 fully saturated rings. The molecule has 1 N–H and O–H groups in total. The zero-order valence-electron chi connectivity index (χ0n) is 10.2. The van der Waals surface area contributed by atoms with E-state index in [0.717, 1.165) is 35.1 Å². The van der Waals surface area contributed by atoms with Crippen LogP contribution in [0.15, 0.2) is 22.7 Å². The van der Waals surface area contributed by atoms with Crippen molar-refractivity contribution < 1.29 is 4.79 Å². The Balaban J connectivity index is 2.07. The molecule has 4 heteroatoms. The molecule has 1 saturated heterocycles. The van der Waals surface area contributed by atoms with E-state index in [1.54, 1.807) is 0 Å².